The van der Waals surface area contributed by atoms with Crippen molar-refractivity contribution in [1.82, 2.24) is 25.6 Å². The number of carbonyl (C=O) groups is 2. The van der Waals surface area contributed by atoms with E-state index in [1.54, 1.807) is 36.0 Å². The number of aryl methyl sites for hydroxylation is 1. The van der Waals surface area contributed by atoms with Crippen LogP contribution in [0, 0.1) is 6.92 Å². The summed E-state index contributed by atoms with van der Waals surface area (Å²) in [6, 6.07) is 6.69. The van der Waals surface area contributed by atoms with E-state index in [1.165, 1.54) is 18.6 Å². The molecule has 4 aromatic heterocycles. The molecule has 0 spiro atoms. The van der Waals surface area contributed by atoms with Crippen LogP contribution in [0.25, 0.3) is 22.5 Å². The molecule has 29 heavy (non-hydrogen) atoms. The standard InChI is InChI=1S/C20H19N5O4/c1-11(2)25-18-15(10-21-25)14(9-16(22-18)17-5-4-7-29-17)20(27)24-23-19(26)13-6-8-28-12(13)3/h4-11H,1-3H3,(H,23,26)(H,24,27). The van der Waals surface area contributed by atoms with Gasteiger partial charge in [0, 0.05) is 6.04 Å². The molecule has 0 aliphatic rings. The van der Waals surface area contributed by atoms with Gasteiger partial charge in [0.1, 0.15) is 11.5 Å². The predicted octanol–water partition coefficient (Wildman–Crippen LogP) is 3.25. The highest BCUT2D eigenvalue weighted by Gasteiger charge is 2.20. The molecular weight excluding hydrogens is 374 g/mol. The number of hydrazine groups is 1. The maximum absolute atomic E-state index is 12.9. The molecule has 0 aliphatic heterocycles. The lowest BCUT2D eigenvalue weighted by atomic mass is 10.1. The van der Waals surface area contributed by atoms with E-state index in [-0.39, 0.29) is 6.04 Å². The maximum atomic E-state index is 12.9. The molecular formula is C20H19N5O4. The molecule has 148 valence electrons. The maximum Gasteiger partial charge on any atom is 0.273 e. The van der Waals surface area contributed by atoms with E-state index in [4.69, 9.17) is 8.83 Å². The van der Waals surface area contributed by atoms with E-state index in [2.05, 4.69) is 20.9 Å². The van der Waals surface area contributed by atoms with Gasteiger partial charge in [-0.25, -0.2) is 9.67 Å². The van der Waals surface area contributed by atoms with Crippen molar-refractivity contribution >= 4 is 22.8 Å². The topological polar surface area (TPSA) is 115 Å². The second-order valence-electron chi connectivity index (χ2n) is 6.75. The first-order valence-corrected chi connectivity index (χ1v) is 9.02. The van der Waals surface area contributed by atoms with Gasteiger partial charge in [-0.05, 0) is 45.0 Å². The normalized spacial score (nSPS) is 11.2. The first-order valence-electron chi connectivity index (χ1n) is 9.02. The van der Waals surface area contributed by atoms with Crippen LogP contribution in [0.4, 0.5) is 0 Å². The molecule has 0 aliphatic carbocycles. The van der Waals surface area contributed by atoms with Crippen LogP contribution in [-0.4, -0.2) is 26.6 Å². The highest BCUT2D eigenvalue weighted by molar-refractivity contribution is 6.07. The molecule has 0 atom stereocenters. The predicted molar refractivity (Wildman–Crippen MR) is 104 cm³/mol. The Balaban J connectivity index is 1.69. The monoisotopic (exact) mass is 393 g/mol. The first-order chi connectivity index (χ1) is 14.0. The van der Waals surface area contributed by atoms with Gasteiger partial charge in [0.15, 0.2) is 11.4 Å². The second kappa shape index (κ2) is 7.27. The van der Waals surface area contributed by atoms with Crippen LogP contribution >= 0.6 is 0 Å². The number of furan rings is 2. The lowest BCUT2D eigenvalue weighted by Gasteiger charge is -2.10. The Hall–Kier alpha value is -3.88. The first kappa shape index (κ1) is 18.5. The third kappa shape index (κ3) is 3.38. The molecule has 9 nitrogen and oxygen atoms in total. The minimum Gasteiger partial charge on any atom is -0.469 e. The van der Waals surface area contributed by atoms with Gasteiger partial charge in [-0.1, -0.05) is 0 Å². The van der Waals surface area contributed by atoms with E-state index < -0.39 is 11.8 Å². The Morgan fingerprint density at radius 3 is 2.45 bits per heavy atom. The number of nitrogens with zero attached hydrogens (tertiary/aromatic N) is 3. The molecule has 0 saturated heterocycles. The van der Waals surface area contributed by atoms with Crippen molar-refractivity contribution in [3.8, 4) is 11.5 Å². The van der Waals surface area contributed by atoms with E-state index in [1.807, 2.05) is 13.8 Å². The van der Waals surface area contributed by atoms with Gasteiger partial charge in [-0.3, -0.25) is 20.4 Å². The smallest absolute Gasteiger partial charge is 0.273 e. The summed E-state index contributed by atoms with van der Waals surface area (Å²) in [6.45, 7) is 5.61. The van der Waals surface area contributed by atoms with Crippen molar-refractivity contribution in [1.29, 1.82) is 0 Å². The number of rotatable bonds is 4. The Kier molecular flexibility index (Phi) is 4.63. The van der Waals surface area contributed by atoms with E-state index in [9.17, 15) is 9.59 Å². The number of aromatic nitrogens is 3. The van der Waals surface area contributed by atoms with Crippen molar-refractivity contribution in [3.05, 3.63) is 59.9 Å². The molecule has 9 heteroatoms. The lowest BCUT2D eigenvalue weighted by molar-refractivity contribution is 0.0846. The van der Waals surface area contributed by atoms with Crippen LogP contribution in [0.5, 0.6) is 0 Å². The second-order valence-corrected chi connectivity index (χ2v) is 6.75. The van der Waals surface area contributed by atoms with Crippen LogP contribution < -0.4 is 10.9 Å². The third-order valence-corrected chi connectivity index (χ3v) is 4.47. The third-order valence-electron chi connectivity index (χ3n) is 4.47. The van der Waals surface area contributed by atoms with E-state index in [0.29, 0.717) is 39.4 Å². The number of amides is 2. The molecule has 0 saturated carbocycles. The van der Waals surface area contributed by atoms with Crippen LogP contribution in [0.2, 0.25) is 0 Å². The van der Waals surface area contributed by atoms with Crippen LogP contribution in [0.1, 0.15) is 46.4 Å². The van der Waals surface area contributed by atoms with Gasteiger partial charge in [-0.2, -0.15) is 5.10 Å². The zero-order valence-corrected chi connectivity index (χ0v) is 16.1. The van der Waals surface area contributed by atoms with Gasteiger partial charge in [0.2, 0.25) is 0 Å². The van der Waals surface area contributed by atoms with Gasteiger partial charge < -0.3 is 8.83 Å². The molecule has 4 heterocycles. The molecule has 0 aromatic carbocycles. The van der Waals surface area contributed by atoms with Gasteiger partial charge in [0.25, 0.3) is 11.8 Å². The zero-order chi connectivity index (χ0) is 20.5. The van der Waals surface area contributed by atoms with E-state index in [0.717, 1.165) is 0 Å². The summed E-state index contributed by atoms with van der Waals surface area (Å²) < 4.78 is 12.3. The summed E-state index contributed by atoms with van der Waals surface area (Å²) in [5.74, 6) is 0.0129. The Morgan fingerprint density at radius 2 is 1.83 bits per heavy atom. The number of hydrogen-bond acceptors (Lipinski definition) is 6. The Bertz CT molecular complexity index is 1190. The van der Waals surface area contributed by atoms with Crippen molar-refractivity contribution < 1.29 is 18.4 Å². The quantitative estimate of drug-likeness (QED) is 0.514. The van der Waals surface area contributed by atoms with E-state index >= 15 is 0 Å². The summed E-state index contributed by atoms with van der Waals surface area (Å²) in [5, 5.41) is 4.92. The summed E-state index contributed by atoms with van der Waals surface area (Å²) in [5.41, 5.74) is 6.55. The summed E-state index contributed by atoms with van der Waals surface area (Å²) in [4.78, 5) is 29.7. The van der Waals surface area contributed by atoms with Gasteiger partial charge in [0.05, 0.1) is 35.2 Å². The van der Waals surface area contributed by atoms with Crippen molar-refractivity contribution in [3.63, 3.8) is 0 Å². The Labute approximate surface area is 165 Å². The molecule has 2 N–H and O–H groups in total. The fourth-order valence-electron chi connectivity index (χ4n) is 3.00. The average Bonchev–Trinajstić information content (AvgIpc) is 3.44. The average molecular weight is 393 g/mol. The number of nitrogens with one attached hydrogen (secondary N) is 2. The highest BCUT2D eigenvalue weighted by Crippen LogP contribution is 2.26. The fourth-order valence-corrected chi connectivity index (χ4v) is 3.00. The summed E-state index contributed by atoms with van der Waals surface area (Å²) in [6.07, 6.45) is 4.54. The molecule has 4 rings (SSSR count). The number of pyridine rings is 1. The van der Waals surface area contributed by atoms with Crippen LogP contribution in [0.3, 0.4) is 0 Å². The number of hydrogen-bond donors (Lipinski definition) is 2. The minimum atomic E-state index is -0.497. The summed E-state index contributed by atoms with van der Waals surface area (Å²) >= 11 is 0. The minimum absolute atomic E-state index is 0.0477. The number of carbonyl (C=O) groups excluding carboxylic acids is 2. The lowest BCUT2D eigenvalue weighted by Crippen LogP contribution is -2.41. The highest BCUT2D eigenvalue weighted by atomic mass is 16.3. The van der Waals surface area contributed by atoms with Crippen LogP contribution in [-0.2, 0) is 0 Å². The molecule has 2 amide bonds. The molecule has 0 bridgehead atoms. The number of fused-ring (bicyclic) bond motifs is 1. The van der Waals surface area contributed by atoms with Crippen LogP contribution in [0.15, 0.2) is 51.8 Å². The Morgan fingerprint density at radius 1 is 1.07 bits per heavy atom. The molecule has 4 aromatic rings. The molecule has 0 fully saturated rings. The van der Waals surface area contributed by atoms with Gasteiger partial charge in [-0.15, -0.1) is 0 Å². The van der Waals surface area contributed by atoms with Crippen molar-refractivity contribution in [2.75, 3.05) is 0 Å². The zero-order valence-electron chi connectivity index (χ0n) is 16.1. The SMILES string of the molecule is Cc1occc1C(=O)NNC(=O)c1cc(-c2ccco2)nc2c1cnn2C(C)C. The van der Waals surface area contributed by atoms with Crippen molar-refractivity contribution in [2.24, 2.45) is 0 Å². The van der Waals surface area contributed by atoms with Gasteiger partial charge >= 0.3 is 0 Å². The fraction of sp³-hybridized carbons (Fsp3) is 0.200. The van der Waals surface area contributed by atoms with Crippen molar-refractivity contribution in [2.45, 2.75) is 26.8 Å². The molecule has 0 unspecified atom stereocenters. The summed E-state index contributed by atoms with van der Waals surface area (Å²) in [7, 11) is 0. The largest absolute Gasteiger partial charge is 0.469 e. The molecule has 0 radical (unpaired) electrons.